The highest BCUT2D eigenvalue weighted by Gasteiger charge is 2.27. The van der Waals surface area contributed by atoms with E-state index < -0.39 is 0 Å². The Morgan fingerprint density at radius 2 is 1.93 bits per heavy atom. The standard InChI is InChI=1S/C12H18N2/c1-8-5-6-9(2)12-11(8)10(13-3)7-14(12)4/h5-6,10,13H,7H2,1-4H3. The summed E-state index contributed by atoms with van der Waals surface area (Å²) in [5, 5.41) is 3.38. The lowest BCUT2D eigenvalue weighted by Crippen LogP contribution is -2.23. The monoisotopic (exact) mass is 190 g/mol. The molecule has 1 aliphatic rings. The van der Waals surface area contributed by atoms with E-state index in [0.29, 0.717) is 6.04 Å². The third kappa shape index (κ3) is 1.22. The molecule has 1 atom stereocenters. The second kappa shape index (κ2) is 3.28. The summed E-state index contributed by atoms with van der Waals surface area (Å²) in [5.41, 5.74) is 5.68. The van der Waals surface area contributed by atoms with Crippen molar-refractivity contribution in [1.82, 2.24) is 5.32 Å². The van der Waals surface area contributed by atoms with Gasteiger partial charge in [-0.15, -0.1) is 0 Å². The van der Waals surface area contributed by atoms with Crippen LogP contribution < -0.4 is 10.2 Å². The first-order chi connectivity index (χ1) is 6.65. The van der Waals surface area contributed by atoms with Crippen LogP contribution in [0, 0.1) is 13.8 Å². The molecule has 0 fully saturated rings. The summed E-state index contributed by atoms with van der Waals surface area (Å²) in [6.45, 7) is 5.46. The maximum Gasteiger partial charge on any atom is 0.0519 e. The first-order valence-corrected chi connectivity index (χ1v) is 5.13. The molecule has 76 valence electrons. The van der Waals surface area contributed by atoms with E-state index >= 15 is 0 Å². The minimum atomic E-state index is 0.495. The Hall–Kier alpha value is -1.02. The number of likely N-dealkylation sites (N-methyl/N-ethyl adjacent to an activating group) is 2. The Labute approximate surface area is 85.9 Å². The minimum absolute atomic E-state index is 0.495. The Balaban J connectivity index is 2.60. The molecule has 2 heteroatoms. The molecule has 14 heavy (non-hydrogen) atoms. The molecule has 0 spiro atoms. The van der Waals surface area contributed by atoms with Crippen molar-refractivity contribution in [2.75, 3.05) is 25.5 Å². The summed E-state index contributed by atoms with van der Waals surface area (Å²) in [5.74, 6) is 0. The van der Waals surface area contributed by atoms with Crippen molar-refractivity contribution >= 4 is 5.69 Å². The average Bonchev–Trinajstić information content (AvgIpc) is 2.50. The predicted octanol–water partition coefficient (Wildman–Crippen LogP) is 2.01. The van der Waals surface area contributed by atoms with Crippen LogP contribution in [-0.4, -0.2) is 20.6 Å². The molecule has 2 rings (SSSR count). The SMILES string of the molecule is CNC1CN(C)c2c(C)ccc(C)c21. The number of nitrogens with zero attached hydrogens (tertiary/aromatic N) is 1. The zero-order chi connectivity index (χ0) is 10.3. The maximum atomic E-state index is 3.38. The Morgan fingerprint density at radius 1 is 1.29 bits per heavy atom. The van der Waals surface area contributed by atoms with Crippen molar-refractivity contribution < 1.29 is 0 Å². The van der Waals surface area contributed by atoms with Crippen molar-refractivity contribution in [2.24, 2.45) is 0 Å². The van der Waals surface area contributed by atoms with Gasteiger partial charge in [0.2, 0.25) is 0 Å². The van der Waals surface area contributed by atoms with Gasteiger partial charge in [-0.1, -0.05) is 12.1 Å². The molecule has 0 saturated heterocycles. The van der Waals surface area contributed by atoms with Gasteiger partial charge in [0.15, 0.2) is 0 Å². The normalized spacial score (nSPS) is 20.0. The molecule has 1 aromatic carbocycles. The van der Waals surface area contributed by atoms with E-state index in [2.05, 4.69) is 43.2 Å². The Morgan fingerprint density at radius 3 is 2.57 bits per heavy atom. The van der Waals surface area contributed by atoms with E-state index in [1.165, 1.54) is 22.4 Å². The molecule has 0 radical (unpaired) electrons. The summed E-state index contributed by atoms with van der Waals surface area (Å²) in [7, 11) is 4.21. The quantitative estimate of drug-likeness (QED) is 0.728. The minimum Gasteiger partial charge on any atom is -0.372 e. The van der Waals surface area contributed by atoms with Crippen LogP contribution in [0.1, 0.15) is 22.7 Å². The number of anilines is 1. The lowest BCUT2D eigenvalue weighted by Gasteiger charge is -2.14. The molecule has 0 amide bonds. The van der Waals surface area contributed by atoms with Crippen LogP contribution in [0.2, 0.25) is 0 Å². The highest BCUT2D eigenvalue weighted by atomic mass is 15.2. The zero-order valence-electron chi connectivity index (χ0n) is 9.39. The maximum absolute atomic E-state index is 3.38. The van der Waals surface area contributed by atoms with Gasteiger partial charge < -0.3 is 10.2 Å². The van der Waals surface area contributed by atoms with Gasteiger partial charge in [0.1, 0.15) is 0 Å². The zero-order valence-corrected chi connectivity index (χ0v) is 9.39. The van der Waals surface area contributed by atoms with Gasteiger partial charge >= 0.3 is 0 Å². The fourth-order valence-electron chi connectivity index (χ4n) is 2.46. The third-order valence-electron chi connectivity index (χ3n) is 3.17. The summed E-state index contributed by atoms with van der Waals surface area (Å²) in [6.07, 6.45) is 0. The van der Waals surface area contributed by atoms with Gasteiger partial charge in [-0.05, 0) is 37.6 Å². The number of hydrogen-bond donors (Lipinski definition) is 1. The second-order valence-electron chi connectivity index (χ2n) is 4.18. The highest BCUT2D eigenvalue weighted by molar-refractivity contribution is 5.66. The number of nitrogens with one attached hydrogen (secondary N) is 1. The van der Waals surface area contributed by atoms with Crippen molar-refractivity contribution in [3.05, 3.63) is 28.8 Å². The van der Waals surface area contributed by atoms with Crippen LogP contribution in [0.3, 0.4) is 0 Å². The third-order valence-corrected chi connectivity index (χ3v) is 3.17. The topological polar surface area (TPSA) is 15.3 Å². The molecule has 1 aliphatic heterocycles. The molecule has 1 heterocycles. The number of rotatable bonds is 1. The largest absolute Gasteiger partial charge is 0.372 e. The van der Waals surface area contributed by atoms with Gasteiger partial charge in [-0.25, -0.2) is 0 Å². The van der Waals surface area contributed by atoms with Gasteiger partial charge in [0, 0.05) is 19.3 Å². The van der Waals surface area contributed by atoms with Crippen molar-refractivity contribution in [3.63, 3.8) is 0 Å². The summed E-state index contributed by atoms with van der Waals surface area (Å²) in [4.78, 5) is 2.35. The van der Waals surface area contributed by atoms with Crippen LogP contribution in [0.5, 0.6) is 0 Å². The molecule has 1 aromatic rings. The van der Waals surface area contributed by atoms with E-state index in [4.69, 9.17) is 0 Å². The first-order valence-electron chi connectivity index (χ1n) is 5.13. The van der Waals surface area contributed by atoms with Gasteiger partial charge in [0.25, 0.3) is 0 Å². The van der Waals surface area contributed by atoms with E-state index in [0.717, 1.165) is 6.54 Å². The van der Waals surface area contributed by atoms with Crippen LogP contribution >= 0.6 is 0 Å². The van der Waals surface area contributed by atoms with Crippen LogP contribution in [0.15, 0.2) is 12.1 Å². The van der Waals surface area contributed by atoms with Crippen LogP contribution in [-0.2, 0) is 0 Å². The van der Waals surface area contributed by atoms with Gasteiger partial charge in [0.05, 0.1) is 6.04 Å². The highest BCUT2D eigenvalue weighted by Crippen LogP contribution is 2.38. The van der Waals surface area contributed by atoms with E-state index in [9.17, 15) is 0 Å². The van der Waals surface area contributed by atoms with Crippen LogP contribution in [0.25, 0.3) is 0 Å². The molecule has 2 nitrogen and oxygen atoms in total. The summed E-state index contributed by atoms with van der Waals surface area (Å²) in [6, 6.07) is 4.93. The number of fused-ring (bicyclic) bond motifs is 1. The number of benzene rings is 1. The van der Waals surface area contributed by atoms with E-state index in [1.807, 2.05) is 7.05 Å². The number of aryl methyl sites for hydroxylation is 2. The first kappa shape index (κ1) is 9.53. The van der Waals surface area contributed by atoms with Gasteiger partial charge in [-0.3, -0.25) is 0 Å². The van der Waals surface area contributed by atoms with Crippen LogP contribution in [0.4, 0.5) is 5.69 Å². The molecular weight excluding hydrogens is 172 g/mol. The fourth-order valence-corrected chi connectivity index (χ4v) is 2.46. The van der Waals surface area contributed by atoms with Gasteiger partial charge in [-0.2, -0.15) is 0 Å². The van der Waals surface area contributed by atoms with Crippen molar-refractivity contribution in [1.29, 1.82) is 0 Å². The predicted molar refractivity (Wildman–Crippen MR) is 61.0 cm³/mol. The molecule has 0 saturated carbocycles. The lowest BCUT2D eigenvalue weighted by atomic mass is 10.00. The molecule has 1 unspecified atom stereocenters. The van der Waals surface area contributed by atoms with E-state index in [-0.39, 0.29) is 0 Å². The average molecular weight is 190 g/mol. The smallest absolute Gasteiger partial charge is 0.0519 e. The second-order valence-corrected chi connectivity index (χ2v) is 4.18. The van der Waals surface area contributed by atoms with Crippen molar-refractivity contribution in [3.8, 4) is 0 Å². The molecular formula is C12H18N2. The molecule has 0 bridgehead atoms. The summed E-state index contributed by atoms with van der Waals surface area (Å²) < 4.78 is 0. The Bertz CT molecular complexity index is 358. The lowest BCUT2D eigenvalue weighted by molar-refractivity contribution is 0.623. The van der Waals surface area contributed by atoms with E-state index in [1.54, 1.807) is 0 Å². The molecule has 1 N–H and O–H groups in total. The Kier molecular flexibility index (Phi) is 2.23. The fraction of sp³-hybridized carbons (Fsp3) is 0.500. The molecule has 0 aliphatic carbocycles. The van der Waals surface area contributed by atoms with Crippen molar-refractivity contribution in [2.45, 2.75) is 19.9 Å². The summed E-state index contributed by atoms with van der Waals surface area (Å²) >= 11 is 0. The number of hydrogen-bond acceptors (Lipinski definition) is 2. The molecule has 0 aromatic heterocycles.